The molecule has 1 aliphatic heterocycles. The normalized spacial score (nSPS) is 14.1. The van der Waals surface area contributed by atoms with Crippen LogP contribution in [-0.4, -0.2) is 17.2 Å². The molecule has 0 atom stereocenters. The molecule has 0 aromatic heterocycles. The Labute approximate surface area is 141 Å². The van der Waals surface area contributed by atoms with Gasteiger partial charge < -0.3 is 4.90 Å². The van der Waals surface area contributed by atoms with Crippen molar-refractivity contribution in [1.29, 1.82) is 0 Å². The third-order valence-corrected chi connectivity index (χ3v) is 4.31. The highest BCUT2D eigenvalue weighted by atomic mass is 16.6. The summed E-state index contributed by atoms with van der Waals surface area (Å²) in [5.41, 5.74) is 4.52. The Morgan fingerprint density at radius 1 is 1.17 bits per heavy atom. The van der Waals surface area contributed by atoms with E-state index in [1.54, 1.807) is 12.1 Å². The Bertz CT molecular complexity index is 766. The molecule has 5 nitrogen and oxygen atoms in total. The molecule has 0 fully saturated rings. The van der Waals surface area contributed by atoms with Gasteiger partial charge in [-0.2, -0.15) is 0 Å². The molecule has 2 aromatic rings. The topological polar surface area (TPSA) is 58.7 Å². The molecule has 0 amide bonds. The summed E-state index contributed by atoms with van der Waals surface area (Å²) in [6, 6.07) is 15.0. The van der Waals surface area contributed by atoms with Gasteiger partial charge in [-0.3, -0.25) is 15.1 Å². The van der Waals surface area contributed by atoms with Crippen molar-refractivity contribution >= 4 is 22.8 Å². The van der Waals surface area contributed by atoms with Crippen LogP contribution in [0.3, 0.4) is 0 Å². The van der Waals surface area contributed by atoms with Crippen molar-refractivity contribution in [2.45, 2.75) is 26.8 Å². The van der Waals surface area contributed by atoms with Crippen molar-refractivity contribution in [3.05, 3.63) is 64.2 Å². The summed E-state index contributed by atoms with van der Waals surface area (Å²) < 4.78 is 0. The second-order valence-electron chi connectivity index (χ2n) is 6.34. The largest absolute Gasteiger partial charge is 0.365 e. The molecule has 1 heterocycles. The molecule has 0 spiro atoms. The van der Waals surface area contributed by atoms with Crippen LogP contribution in [0.2, 0.25) is 0 Å². The lowest BCUT2D eigenvalue weighted by molar-refractivity contribution is -0.384. The molecule has 0 saturated carbocycles. The van der Waals surface area contributed by atoms with E-state index in [4.69, 9.17) is 4.99 Å². The third kappa shape index (κ3) is 3.45. The molecular weight excluding hydrogens is 302 g/mol. The monoisotopic (exact) mass is 323 g/mol. The van der Waals surface area contributed by atoms with Crippen LogP contribution < -0.4 is 4.90 Å². The van der Waals surface area contributed by atoms with Gasteiger partial charge in [-0.05, 0) is 23.6 Å². The van der Waals surface area contributed by atoms with Gasteiger partial charge in [-0.15, -0.1) is 0 Å². The number of nitro groups is 1. The predicted molar refractivity (Wildman–Crippen MR) is 97.1 cm³/mol. The summed E-state index contributed by atoms with van der Waals surface area (Å²) in [7, 11) is 0. The number of benzene rings is 2. The van der Waals surface area contributed by atoms with E-state index in [9.17, 15) is 10.1 Å². The summed E-state index contributed by atoms with van der Waals surface area (Å²) in [6.07, 6.45) is 0.930. The van der Waals surface area contributed by atoms with Gasteiger partial charge in [0.05, 0.1) is 16.3 Å². The fraction of sp³-hybridized carbons (Fsp3) is 0.316. The molecule has 0 saturated heterocycles. The maximum atomic E-state index is 10.8. The van der Waals surface area contributed by atoms with Crippen LogP contribution in [0.25, 0.3) is 0 Å². The Hall–Kier alpha value is -2.69. The Morgan fingerprint density at radius 3 is 2.54 bits per heavy atom. The smallest absolute Gasteiger partial charge is 0.269 e. The number of nitro benzene ring substituents is 1. The first-order chi connectivity index (χ1) is 11.5. The lowest BCUT2D eigenvalue weighted by atomic mass is 10.1. The second kappa shape index (κ2) is 6.83. The summed E-state index contributed by atoms with van der Waals surface area (Å²) in [4.78, 5) is 17.6. The van der Waals surface area contributed by atoms with E-state index in [0.717, 1.165) is 36.4 Å². The number of hydrogen-bond donors (Lipinski definition) is 0. The minimum atomic E-state index is -0.367. The van der Waals surface area contributed by atoms with E-state index in [0.29, 0.717) is 5.92 Å². The molecule has 124 valence electrons. The Morgan fingerprint density at radius 2 is 1.88 bits per heavy atom. The minimum Gasteiger partial charge on any atom is -0.365 e. The summed E-state index contributed by atoms with van der Waals surface area (Å²) in [5.74, 6) is 0.428. The van der Waals surface area contributed by atoms with E-state index in [-0.39, 0.29) is 10.6 Å². The molecule has 0 bridgehead atoms. The Kier molecular flexibility index (Phi) is 4.60. The molecule has 0 aliphatic carbocycles. The molecule has 0 radical (unpaired) electrons. The van der Waals surface area contributed by atoms with Crippen LogP contribution in [0.4, 0.5) is 17.1 Å². The average molecular weight is 323 g/mol. The number of non-ortho nitro benzene ring substituents is 1. The molecule has 1 aliphatic rings. The highest BCUT2D eigenvalue weighted by Crippen LogP contribution is 2.33. The van der Waals surface area contributed by atoms with Crippen molar-refractivity contribution < 1.29 is 4.92 Å². The maximum absolute atomic E-state index is 10.8. The van der Waals surface area contributed by atoms with Gasteiger partial charge in [-0.1, -0.05) is 38.1 Å². The van der Waals surface area contributed by atoms with E-state index in [2.05, 4.69) is 24.8 Å². The fourth-order valence-corrected chi connectivity index (χ4v) is 2.93. The SMILES string of the molecule is CC(C)C1=Nc2ccccc2N(Cc2ccc([N+](=O)[O-])cc2)CC1. The van der Waals surface area contributed by atoms with Crippen molar-refractivity contribution in [3.63, 3.8) is 0 Å². The average Bonchev–Trinajstić information content (AvgIpc) is 2.75. The molecule has 5 heteroatoms. The van der Waals surface area contributed by atoms with E-state index in [1.165, 1.54) is 5.71 Å². The van der Waals surface area contributed by atoms with E-state index in [1.807, 2.05) is 30.3 Å². The first-order valence-corrected chi connectivity index (χ1v) is 8.19. The lowest BCUT2D eigenvalue weighted by Crippen LogP contribution is -2.25. The van der Waals surface area contributed by atoms with Crippen LogP contribution >= 0.6 is 0 Å². The number of rotatable bonds is 4. The van der Waals surface area contributed by atoms with Gasteiger partial charge in [-0.25, -0.2) is 0 Å². The van der Waals surface area contributed by atoms with Crippen molar-refractivity contribution in [2.75, 3.05) is 11.4 Å². The molecule has 2 aromatic carbocycles. The number of aliphatic imine (C=N–C) groups is 1. The van der Waals surface area contributed by atoms with Crippen molar-refractivity contribution in [1.82, 2.24) is 0 Å². The van der Waals surface area contributed by atoms with Gasteiger partial charge in [0.15, 0.2) is 0 Å². The quantitative estimate of drug-likeness (QED) is 0.603. The number of anilines is 1. The number of fused-ring (bicyclic) bond motifs is 1. The third-order valence-electron chi connectivity index (χ3n) is 4.31. The van der Waals surface area contributed by atoms with E-state index < -0.39 is 0 Å². The van der Waals surface area contributed by atoms with Crippen LogP contribution in [-0.2, 0) is 6.54 Å². The predicted octanol–water partition coefficient (Wildman–Crippen LogP) is 4.73. The van der Waals surface area contributed by atoms with Gasteiger partial charge in [0, 0.05) is 37.4 Å². The second-order valence-corrected chi connectivity index (χ2v) is 6.34. The summed E-state index contributed by atoms with van der Waals surface area (Å²) in [6.45, 7) is 5.96. The number of nitrogens with zero attached hydrogens (tertiary/aromatic N) is 3. The van der Waals surface area contributed by atoms with Crippen LogP contribution in [0.15, 0.2) is 53.5 Å². The summed E-state index contributed by atoms with van der Waals surface area (Å²) in [5, 5.41) is 10.8. The maximum Gasteiger partial charge on any atom is 0.269 e. The minimum absolute atomic E-state index is 0.125. The summed E-state index contributed by atoms with van der Waals surface area (Å²) >= 11 is 0. The van der Waals surface area contributed by atoms with Crippen molar-refractivity contribution in [3.8, 4) is 0 Å². The first kappa shape index (κ1) is 16.2. The zero-order chi connectivity index (χ0) is 17.1. The zero-order valence-corrected chi connectivity index (χ0v) is 14.0. The van der Waals surface area contributed by atoms with Crippen LogP contribution in [0, 0.1) is 16.0 Å². The van der Waals surface area contributed by atoms with Crippen LogP contribution in [0.5, 0.6) is 0 Å². The number of hydrogen-bond acceptors (Lipinski definition) is 4. The highest BCUT2D eigenvalue weighted by molar-refractivity contribution is 5.92. The molecular formula is C19H21N3O2. The van der Waals surface area contributed by atoms with Gasteiger partial charge in [0.25, 0.3) is 5.69 Å². The highest BCUT2D eigenvalue weighted by Gasteiger charge is 2.18. The molecule has 0 unspecified atom stereocenters. The van der Waals surface area contributed by atoms with E-state index >= 15 is 0 Å². The zero-order valence-electron chi connectivity index (χ0n) is 14.0. The molecule has 3 rings (SSSR count). The molecule has 24 heavy (non-hydrogen) atoms. The standard InChI is InChI=1S/C19H21N3O2/c1-14(2)17-11-12-21(19-6-4-3-5-18(19)20-17)13-15-7-9-16(10-8-15)22(23)24/h3-10,14H,11-13H2,1-2H3. The van der Waals surface area contributed by atoms with Crippen molar-refractivity contribution in [2.24, 2.45) is 10.9 Å². The Balaban J connectivity index is 1.86. The number of para-hydroxylation sites is 2. The van der Waals surface area contributed by atoms with Gasteiger partial charge >= 0.3 is 0 Å². The van der Waals surface area contributed by atoms with Crippen LogP contribution in [0.1, 0.15) is 25.8 Å². The van der Waals surface area contributed by atoms with Gasteiger partial charge in [0.1, 0.15) is 0 Å². The van der Waals surface area contributed by atoms with Gasteiger partial charge in [0.2, 0.25) is 0 Å². The fourth-order valence-electron chi connectivity index (χ4n) is 2.93. The molecule has 0 N–H and O–H groups in total. The first-order valence-electron chi connectivity index (χ1n) is 8.19. The lowest BCUT2D eigenvalue weighted by Gasteiger charge is -2.24.